The molecule has 0 aliphatic heterocycles. The zero-order valence-corrected chi connectivity index (χ0v) is 13.3. The van der Waals surface area contributed by atoms with Crippen LogP contribution in [-0.4, -0.2) is 10.9 Å². The van der Waals surface area contributed by atoms with Crippen molar-refractivity contribution in [1.29, 1.82) is 0 Å². The van der Waals surface area contributed by atoms with Crippen molar-refractivity contribution in [2.24, 2.45) is 10.7 Å². The van der Waals surface area contributed by atoms with Crippen LogP contribution in [0.4, 0.5) is 10.1 Å². The molecule has 6 heteroatoms. The summed E-state index contributed by atoms with van der Waals surface area (Å²) in [5, 5.41) is 2.94. The Morgan fingerprint density at radius 2 is 2.00 bits per heavy atom. The average molecular weight is 386 g/mol. The molecule has 1 heterocycles. The summed E-state index contributed by atoms with van der Waals surface area (Å²) < 4.78 is 13.3. The number of aromatic nitrogens is 1. The van der Waals surface area contributed by atoms with E-state index in [0.717, 1.165) is 11.3 Å². The van der Waals surface area contributed by atoms with Gasteiger partial charge >= 0.3 is 0 Å². The maximum absolute atomic E-state index is 13.3. The van der Waals surface area contributed by atoms with Crippen LogP contribution in [0.2, 0.25) is 0 Å². The number of halogens is 2. The van der Waals surface area contributed by atoms with E-state index in [4.69, 9.17) is 5.73 Å². The van der Waals surface area contributed by atoms with Crippen molar-refractivity contribution >= 4 is 35.6 Å². The quantitative estimate of drug-likeness (QED) is 0.484. The minimum Gasteiger partial charge on any atom is -0.370 e. The third-order valence-electron chi connectivity index (χ3n) is 2.56. The number of nitrogens with zero attached hydrogens (tertiary/aromatic N) is 2. The second-order valence-corrected chi connectivity index (χ2v) is 4.12. The highest BCUT2D eigenvalue weighted by Crippen LogP contribution is 2.08. The summed E-state index contributed by atoms with van der Waals surface area (Å²) >= 11 is 0. The van der Waals surface area contributed by atoms with Gasteiger partial charge < -0.3 is 11.1 Å². The first-order valence-corrected chi connectivity index (χ1v) is 5.88. The van der Waals surface area contributed by atoms with E-state index in [-0.39, 0.29) is 48.0 Å². The van der Waals surface area contributed by atoms with Gasteiger partial charge in [-0.2, -0.15) is 0 Å². The Kier molecular flexibility index (Phi) is 6.37. The van der Waals surface area contributed by atoms with E-state index in [1.54, 1.807) is 0 Å². The molecule has 0 spiro atoms. The lowest BCUT2D eigenvalue weighted by Crippen LogP contribution is -2.22. The first-order valence-electron chi connectivity index (χ1n) is 5.88. The summed E-state index contributed by atoms with van der Waals surface area (Å²) in [5.41, 5.74) is 8.01. The molecule has 0 aliphatic carbocycles. The zero-order chi connectivity index (χ0) is 13.7. The number of aryl methyl sites for hydroxylation is 1. The Morgan fingerprint density at radius 1 is 1.30 bits per heavy atom. The van der Waals surface area contributed by atoms with Crippen LogP contribution >= 0.6 is 24.0 Å². The fourth-order valence-electron chi connectivity index (χ4n) is 1.52. The van der Waals surface area contributed by atoms with Crippen LogP contribution in [0.25, 0.3) is 0 Å². The SMILES string of the molecule is Cc1ccc(NC(N)=NCc2ncccc2F)cc1.I. The summed E-state index contributed by atoms with van der Waals surface area (Å²) in [6.45, 7) is 2.11. The third-order valence-corrected chi connectivity index (χ3v) is 2.56. The van der Waals surface area contributed by atoms with Gasteiger partial charge in [0.05, 0.1) is 12.2 Å². The highest BCUT2D eigenvalue weighted by atomic mass is 127. The molecule has 0 saturated heterocycles. The maximum atomic E-state index is 13.3. The van der Waals surface area contributed by atoms with Crippen LogP contribution in [0.1, 0.15) is 11.3 Å². The molecule has 0 fully saturated rings. The smallest absolute Gasteiger partial charge is 0.193 e. The van der Waals surface area contributed by atoms with Gasteiger partial charge in [-0.25, -0.2) is 9.38 Å². The monoisotopic (exact) mass is 386 g/mol. The molecule has 0 aliphatic rings. The second-order valence-electron chi connectivity index (χ2n) is 4.12. The van der Waals surface area contributed by atoms with Gasteiger partial charge in [-0.15, -0.1) is 24.0 Å². The maximum Gasteiger partial charge on any atom is 0.193 e. The normalized spacial score (nSPS) is 10.8. The van der Waals surface area contributed by atoms with Crippen molar-refractivity contribution < 1.29 is 4.39 Å². The lowest BCUT2D eigenvalue weighted by Gasteiger charge is -2.06. The number of guanidine groups is 1. The molecule has 0 atom stereocenters. The van der Waals surface area contributed by atoms with Crippen LogP contribution in [0.15, 0.2) is 47.6 Å². The fraction of sp³-hybridized carbons (Fsp3) is 0.143. The zero-order valence-electron chi connectivity index (χ0n) is 11.0. The number of pyridine rings is 1. The first kappa shape index (κ1) is 16.4. The number of anilines is 1. The Hall–Kier alpha value is -1.70. The summed E-state index contributed by atoms with van der Waals surface area (Å²) in [7, 11) is 0. The van der Waals surface area contributed by atoms with E-state index >= 15 is 0 Å². The number of rotatable bonds is 3. The molecule has 2 aromatic rings. The van der Waals surface area contributed by atoms with Gasteiger partial charge in [0.25, 0.3) is 0 Å². The number of hydrogen-bond donors (Lipinski definition) is 2. The largest absolute Gasteiger partial charge is 0.370 e. The molecule has 0 radical (unpaired) electrons. The van der Waals surface area contributed by atoms with Gasteiger partial charge in [0, 0.05) is 11.9 Å². The molecule has 0 unspecified atom stereocenters. The predicted octanol–water partition coefficient (Wildman–Crippen LogP) is 3.07. The van der Waals surface area contributed by atoms with Crippen LogP contribution in [-0.2, 0) is 6.54 Å². The number of hydrogen-bond acceptors (Lipinski definition) is 2. The molecule has 0 bridgehead atoms. The molecule has 0 saturated carbocycles. The molecular formula is C14H16FIN4. The van der Waals surface area contributed by atoms with Crippen LogP contribution in [0, 0.1) is 12.7 Å². The fourth-order valence-corrected chi connectivity index (χ4v) is 1.52. The van der Waals surface area contributed by atoms with Crippen molar-refractivity contribution in [3.8, 4) is 0 Å². The molecule has 1 aromatic heterocycles. The van der Waals surface area contributed by atoms with E-state index in [1.807, 2.05) is 31.2 Å². The molecule has 1 aromatic carbocycles. The first-order chi connectivity index (χ1) is 9.15. The summed E-state index contributed by atoms with van der Waals surface area (Å²) in [4.78, 5) is 7.96. The van der Waals surface area contributed by atoms with Crippen molar-refractivity contribution in [1.82, 2.24) is 4.98 Å². The van der Waals surface area contributed by atoms with Crippen LogP contribution in [0.5, 0.6) is 0 Å². The minimum absolute atomic E-state index is 0. The lowest BCUT2D eigenvalue weighted by atomic mass is 10.2. The lowest BCUT2D eigenvalue weighted by molar-refractivity contribution is 0.600. The molecule has 106 valence electrons. The summed E-state index contributed by atoms with van der Waals surface area (Å²) in [6, 6.07) is 10.6. The van der Waals surface area contributed by atoms with E-state index in [9.17, 15) is 4.39 Å². The highest BCUT2D eigenvalue weighted by molar-refractivity contribution is 14.0. The Morgan fingerprint density at radius 3 is 2.65 bits per heavy atom. The topological polar surface area (TPSA) is 63.3 Å². The third kappa shape index (κ3) is 4.76. The van der Waals surface area contributed by atoms with Gasteiger partial charge in [-0.05, 0) is 31.2 Å². The number of aliphatic imine (C=N–C) groups is 1. The van der Waals surface area contributed by atoms with Crippen molar-refractivity contribution in [2.45, 2.75) is 13.5 Å². The number of nitrogens with two attached hydrogens (primary N) is 1. The van der Waals surface area contributed by atoms with Gasteiger partial charge in [0.1, 0.15) is 5.82 Å². The van der Waals surface area contributed by atoms with E-state index in [0.29, 0.717) is 0 Å². The van der Waals surface area contributed by atoms with Gasteiger partial charge in [-0.3, -0.25) is 4.98 Å². The average Bonchev–Trinajstić information content (AvgIpc) is 2.40. The Bertz CT molecular complexity index is 584. The molecule has 2 rings (SSSR count). The van der Waals surface area contributed by atoms with Crippen LogP contribution in [0.3, 0.4) is 0 Å². The Balaban J connectivity index is 0.00000200. The molecule has 20 heavy (non-hydrogen) atoms. The van der Waals surface area contributed by atoms with Crippen molar-refractivity contribution in [3.63, 3.8) is 0 Å². The van der Waals surface area contributed by atoms with E-state index < -0.39 is 0 Å². The number of benzene rings is 1. The van der Waals surface area contributed by atoms with E-state index in [1.165, 1.54) is 18.3 Å². The van der Waals surface area contributed by atoms with Crippen molar-refractivity contribution in [2.75, 3.05) is 5.32 Å². The van der Waals surface area contributed by atoms with E-state index in [2.05, 4.69) is 15.3 Å². The second kappa shape index (κ2) is 7.78. The van der Waals surface area contributed by atoms with Gasteiger partial charge in [-0.1, -0.05) is 17.7 Å². The highest BCUT2D eigenvalue weighted by Gasteiger charge is 2.01. The Labute approximate surface area is 134 Å². The standard InChI is InChI=1S/C14H15FN4.HI/c1-10-4-6-11(7-5-10)19-14(16)18-9-13-12(15)3-2-8-17-13;/h2-8H,9H2,1H3,(H3,16,18,19);1H. The predicted molar refractivity (Wildman–Crippen MR) is 89.7 cm³/mol. The molecule has 0 amide bonds. The minimum atomic E-state index is -0.380. The van der Waals surface area contributed by atoms with Gasteiger partial charge in [0.2, 0.25) is 0 Å². The molecular weight excluding hydrogens is 370 g/mol. The summed E-state index contributed by atoms with van der Waals surface area (Å²) in [6.07, 6.45) is 1.53. The van der Waals surface area contributed by atoms with Gasteiger partial charge in [0.15, 0.2) is 5.96 Å². The molecule has 3 N–H and O–H groups in total. The molecule has 4 nitrogen and oxygen atoms in total. The van der Waals surface area contributed by atoms with Crippen LogP contribution < -0.4 is 11.1 Å². The van der Waals surface area contributed by atoms with Crippen molar-refractivity contribution in [3.05, 3.63) is 59.7 Å². The number of nitrogens with one attached hydrogen (secondary N) is 1. The summed E-state index contributed by atoms with van der Waals surface area (Å²) in [5.74, 6) is -0.150.